The summed E-state index contributed by atoms with van der Waals surface area (Å²) in [5, 5.41) is 12.7. The second kappa shape index (κ2) is 9.40. The number of benzene rings is 1. The molecule has 1 amide bonds. The lowest BCUT2D eigenvalue weighted by atomic mass is 10.1. The molecule has 5 heteroatoms. The molecule has 0 aliphatic carbocycles. The summed E-state index contributed by atoms with van der Waals surface area (Å²) in [4.78, 5) is 17.3. The molecule has 2 rings (SSSR count). The minimum Gasteiger partial charge on any atom is -0.325 e. The first-order valence-corrected chi connectivity index (χ1v) is 9.81. The highest BCUT2D eigenvalue weighted by atomic mass is 32.2. The fraction of sp³-hybridized carbons (Fsp3) is 0.381. The van der Waals surface area contributed by atoms with E-state index in [1.54, 1.807) is 6.07 Å². The van der Waals surface area contributed by atoms with Crippen LogP contribution < -0.4 is 5.32 Å². The zero-order valence-electron chi connectivity index (χ0n) is 15.8. The maximum Gasteiger partial charge on any atom is 0.237 e. The topological polar surface area (TPSA) is 65.8 Å². The number of thioether (sulfide) groups is 1. The van der Waals surface area contributed by atoms with Gasteiger partial charge < -0.3 is 5.32 Å². The Balaban J connectivity index is 2.17. The molecule has 0 radical (unpaired) electrons. The normalized spacial score (nSPS) is 11.7. The molecule has 0 aliphatic heterocycles. The van der Waals surface area contributed by atoms with Crippen molar-refractivity contribution in [1.29, 1.82) is 5.26 Å². The Labute approximate surface area is 160 Å². The van der Waals surface area contributed by atoms with Crippen molar-refractivity contribution >= 4 is 23.4 Å². The van der Waals surface area contributed by atoms with Gasteiger partial charge in [0.1, 0.15) is 11.1 Å². The molecule has 0 saturated heterocycles. The smallest absolute Gasteiger partial charge is 0.237 e. The minimum absolute atomic E-state index is 0.0627. The van der Waals surface area contributed by atoms with Crippen LogP contribution in [0.4, 0.5) is 5.69 Å². The van der Waals surface area contributed by atoms with Gasteiger partial charge in [-0.25, -0.2) is 4.98 Å². The van der Waals surface area contributed by atoms with E-state index in [1.807, 2.05) is 45.0 Å². The van der Waals surface area contributed by atoms with Crippen molar-refractivity contribution in [3.05, 3.63) is 52.7 Å². The summed E-state index contributed by atoms with van der Waals surface area (Å²) < 4.78 is 0. The summed E-state index contributed by atoms with van der Waals surface area (Å²) in [6, 6.07) is 11.8. The zero-order chi connectivity index (χ0) is 19.1. The van der Waals surface area contributed by atoms with Gasteiger partial charge in [0, 0.05) is 11.4 Å². The molecule has 4 nitrogen and oxygen atoms in total. The molecule has 0 aliphatic rings. The molecule has 0 bridgehead atoms. The molecular formula is C21H25N3OS. The molecule has 1 heterocycles. The lowest BCUT2D eigenvalue weighted by Gasteiger charge is -2.16. The zero-order valence-corrected chi connectivity index (χ0v) is 16.6. The van der Waals surface area contributed by atoms with E-state index in [0.717, 1.165) is 29.8 Å². The van der Waals surface area contributed by atoms with Gasteiger partial charge in [0.05, 0.1) is 10.8 Å². The Hall–Kier alpha value is -2.32. The summed E-state index contributed by atoms with van der Waals surface area (Å²) in [5.41, 5.74) is 4.61. The van der Waals surface area contributed by atoms with Crippen LogP contribution in [0.1, 0.15) is 49.1 Å². The van der Waals surface area contributed by atoms with Crippen molar-refractivity contribution in [3.8, 4) is 6.07 Å². The maximum atomic E-state index is 12.7. The van der Waals surface area contributed by atoms with E-state index in [1.165, 1.54) is 17.3 Å². The first kappa shape index (κ1) is 20.0. The molecule has 1 aromatic carbocycles. The highest BCUT2D eigenvalue weighted by molar-refractivity contribution is 8.00. The van der Waals surface area contributed by atoms with Crippen LogP contribution in [-0.4, -0.2) is 16.1 Å². The summed E-state index contributed by atoms with van der Waals surface area (Å²) >= 11 is 1.37. The predicted octanol–water partition coefficient (Wildman–Crippen LogP) is 5.03. The van der Waals surface area contributed by atoms with E-state index in [2.05, 4.69) is 23.3 Å². The third-order valence-corrected chi connectivity index (χ3v) is 5.60. The second-order valence-electron chi connectivity index (χ2n) is 6.32. The van der Waals surface area contributed by atoms with Crippen LogP contribution in [0.5, 0.6) is 0 Å². The lowest BCUT2D eigenvalue weighted by molar-refractivity contribution is -0.115. The number of nitrogens with one attached hydrogen (secondary N) is 1. The summed E-state index contributed by atoms with van der Waals surface area (Å²) in [6.07, 6.45) is 2.52. The van der Waals surface area contributed by atoms with Gasteiger partial charge in [-0.3, -0.25) is 4.79 Å². The van der Waals surface area contributed by atoms with Crippen molar-refractivity contribution in [2.75, 3.05) is 5.32 Å². The van der Waals surface area contributed by atoms with Gasteiger partial charge in [0.15, 0.2) is 0 Å². The number of pyridine rings is 1. The van der Waals surface area contributed by atoms with E-state index < -0.39 is 0 Å². The number of amides is 1. The van der Waals surface area contributed by atoms with Gasteiger partial charge in [-0.2, -0.15) is 5.26 Å². The average molecular weight is 368 g/mol. The summed E-state index contributed by atoms with van der Waals surface area (Å²) in [6.45, 7) is 8.14. The van der Waals surface area contributed by atoms with E-state index >= 15 is 0 Å². The van der Waals surface area contributed by atoms with Crippen molar-refractivity contribution in [2.45, 2.75) is 57.2 Å². The molecule has 2 aromatic rings. The number of hydrogen-bond acceptors (Lipinski definition) is 4. The van der Waals surface area contributed by atoms with Crippen LogP contribution in [0.25, 0.3) is 0 Å². The van der Waals surface area contributed by atoms with Crippen LogP contribution >= 0.6 is 11.8 Å². The molecule has 0 fully saturated rings. The van der Waals surface area contributed by atoms with E-state index in [0.29, 0.717) is 17.0 Å². The Morgan fingerprint density at radius 2 is 2.00 bits per heavy atom. The van der Waals surface area contributed by atoms with Crippen LogP contribution in [0, 0.1) is 25.2 Å². The van der Waals surface area contributed by atoms with Gasteiger partial charge in [0.25, 0.3) is 0 Å². The van der Waals surface area contributed by atoms with Gasteiger partial charge in [0.2, 0.25) is 5.91 Å². The van der Waals surface area contributed by atoms with Gasteiger partial charge in [-0.1, -0.05) is 38.1 Å². The number of nitriles is 1. The first-order valence-electron chi connectivity index (χ1n) is 8.93. The first-order chi connectivity index (χ1) is 12.5. The van der Waals surface area contributed by atoms with Crippen molar-refractivity contribution < 1.29 is 4.79 Å². The molecule has 1 N–H and O–H groups in total. The Morgan fingerprint density at radius 1 is 1.23 bits per heavy atom. The summed E-state index contributed by atoms with van der Waals surface area (Å²) in [7, 11) is 0. The van der Waals surface area contributed by atoms with Gasteiger partial charge in [-0.15, -0.1) is 0 Å². The summed E-state index contributed by atoms with van der Waals surface area (Å²) in [5.74, 6) is -0.0627. The van der Waals surface area contributed by atoms with Crippen LogP contribution in [0.15, 0.2) is 35.4 Å². The standard InChI is InChI=1S/C21H25N3OS/c1-5-7-17-11-9-16(13-22)21(24-17)26-19(6-2)20(25)23-18-10-8-14(3)15(4)12-18/h8-12,19H,5-7H2,1-4H3,(H,23,25). The Bertz CT molecular complexity index is 826. The fourth-order valence-electron chi connectivity index (χ4n) is 2.55. The SMILES string of the molecule is CCCc1ccc(C#N)c(SC(CC)C(=O)Nc2ccc(C)c(C)c2)n1. The monoisotopic (exact) mass is 367 g/mol. The number of hydrogen-bond donors (Lipinski definition) is 1. The Kier molecular flexibility index (Phi) is 7.23. The number of aromatic nitrogens is 1. The van der Waals surface area contributed by atoms with Crippen LogP contribution in [-0.2, 0) is 11.2 Å². The number of carbonyl (C=O) groups is 1. The maximum absolute atomic E-state index is 12.7. The Morgan fingerprint density at radius 3 is 2.62 bits per heavy atom. The molecule has 26 heavy (non-hydrogen) atoms. The highest BCUT2D eigenvalue weighted by Gasteiger charge is 2.21. The third-order valence-electron chi connectivity index (χ3n) is 4.24. The number of anilines is 1. The van der Waals surface area contributed by atoms with Crippen molar-refractivity contribution in [1.82, 2.24) is 4.98 Å². The van der Waals surface area contributed by atoms with E-state index in [4.69, 9.17) is 0 Å². The molecule has 0 saturated carbocycles. The highest BCUT2D eigenvalue weighted by Crippen LogP contribution is 2.28. The molecular weight excluding hydrogens is 342 g/mol. The predicted molar refractivity (Wildman–Crippen MR) is 107 cm³/mol. The third kappa shape index (κ3) is 5.09. The van der Waals surface area contributed by atoms with E-state index in [9.17, 15) is 10.1 Å². The van der Waals surface area contributed by atoms with Crippen molar-refractivity contribution in [3.63, 3.8) is 0 Å². The number of aryl methyl sites for hydroxylation is 3. The van der Waals surface area contributed by atoms with Crippen molar-refractivity contribution in [2.24, 2.45) is 0 Å². The van der Waals surface area contributed by atoms with Gasteiger partial charge >= 0.3 is 0 Å². The largest absolute Gasteiger partial charge is 0.325 e. The number of rotatable bonds is 7. The number of nitrogens with zero attached hydrogens (tertiary/aromatic N) is 2. The van der Waals surface area contributed by atoms with Gasteiger partial charge in [-0.05, 0) is 62.1 Å². The minimum atomic E-state index is -0.298. The van der Waals surface area contributed by atoms with E-state index in [-0.39, 0.29) is 11.2 Å². The molecule has 0 spiro atoms. The molecule has 136 valence electrons. The fourth-order valence-corrected chi connectivity index (χ4v) is 3.56. The lowest BCUT2D eigenvalue weighted by Crippen LogP contribution is -2.25. The molecule has 1 atom stereocenters. The second-order valence-corrected chi connectivity index (χ2v) is 7.51. The molecule has 1 aromatic heterocycles. The van der Waals surface area contributed by atoms with Crippen LogP contribution in [0.3, 0.4) is 0 Å². The van der Waals surface area contributed by atoms with Crippen LogP contribution in [0.2, 0.25) is 0 Å². The number of carbonyl (C=O) groups excluding carboxylic acids is 1. The molecule has 1 unspecified atom stereocenters. The average Bonchev–Trinajstić information content (AvgIpc) is 2.63. The quantitative estimate of drug-likeness (QED) is 0.697.